The molecule has 14 heteroatoms. The zero-order valence-electron chi connectivity index (χ0n) is 33.0. The lowest BCUT2D eigenvalue weighted by Crippen LogP contribution is -2.47. The molecule has 6 rings (SSSR count). The van der Waals surface area contributed by atoms with Gasteiger partial charge in [0.15, 0.2) is 19.8 Å². The number of methoxy groups -OCH3 is 1. The summed E-state index contributed by atoms with van der Waals surface area (Å²) in [6, 6.07) is 4.39. The molecule has 4 heterocycles. The highest BCUT2D eigenvalue weighted by Crippen LogP contribution is 2.41. The van der Waals surface area contributed by atoms with Crippen molar-refractivity contribution in [2.24, 2.45) is 0 Å². The van der Waals surface area contributed by atoms with Crippen LogP contribution in [0.3, 0.4) is 0 Å². The van der Waals surface area contributed by atoms with Crippen LogP contribution in [-0.2, 0) is 9.16 Å². The van der Waals surface area contributed by atoms with E-state index in [9.17, 15) is 4.79 Å². The first kappa shape index (κ1) is 37.6. The minimum absolute atomic E-state index is 0.00163. The van der Waals surface area contributed by atoms with Gasteiger partial charge < -0.3 is 34.0 Å². The highest BCUT2D eigenvalue weighted by atomic mass is 28.4. The van der Waals surface area contributed by atoms with Crippen molar-refractivity contribution in [1.82, 2.24) is 34.6 Å². The third-order valence-corrected chi connectivity index (χ3v) is 15.4. The molecule has 4 aromatic rings. The molecule has 3 aromatic heterocycles. The van der Waals surface area contributed by atoms with E-state index in [2.05, 4.69) is 74.3 Å². The number of hydrogen-bond donors (Lipinski definition) is 2. The second-order valence-electron chi connectivity index (χ2n) is 17.0. The molecule has 1 aliphatic heterocycles. The van der Waals surface area contributed by atoms with E-state index < -0.39 is 20.0 Å². The Morgan fingerprint density at radius 3 is 2.46 bits per heavy atom. The number of imidazole rings is 1. The Labute approximate surface area is 309 Å². The number of hydrogen-bond acceptors (Lipinski definition) is 10. The number of carbonyl (C=O) groups is 1. The molecule has 282 valence electrons. The van der Waals surface area contributed by atoms with E-state index in [4.69, 9.17) is 29.0 Å². The van der Waals surface area contributed by atoms with Crippen LogP contribution in [0.5, 0.6) is 5.75 Å². The van der Waals surface area contributed by atoms with Gasteiger partial charge in [0.05, 0.1) is 48.8 Å². The number of nitrogens with one attached hydrogen (secondary N) is 2. The number of benzene rings is 1. The van der Waals surface area contributed by atoms with Crippen molar-refractivity contribution in [3.8, 4) is 11.4 Å². The van der Waals surface area contributed by atoms with Gasteiger partial charge >= 0.3 is 6.09 Å². The average Bonchev–Trinajstić information content (AvgIpc) is 3.77. The fourth-order valence-electron chi connectivity index (χ4n) is 6.71. The van der Waals surface area contributed by atoms with E-state index in [0.717, 1.165) is 77.3 Å². The lowest BCUT2D eigenvalue weighted by Gasteiger charge is -2.38. The standard InChI is InChI=1S/C38H57N9O4Si/c1-23-16-28(19-30(49-10)24(23)2)45-20-31(39-22-45)41-35-42-33(46-15-13-14-27(46)21-50-52(11,12)38(7,8)9)32-25(3)44-47(34(32)43-35)29-17-26(18-29)40-36(48)51-37(4,5)6/h16,19-20,22,26-27,29H,13-15,17-18,21H2,1-12H3,(H,40,48)(H,41,42,43)/t26-,27-,29-/m0/s1. The van der Waals surface area contributed by atoms with Crippen molar-refractivity contribution >= 4 is 43.0 Å². The maximum Gasteiger partial charge on any atom is 0.407 e. The number of alkyl carbamates (subject to hydrolysis) is 1. The monoisotopic (exact) mass is 731 g/mol. The minimum atomic E-state index is -1.95. The summed E-state index contributed by atoms with van der Waals surface area (Å²) in [6.45, 7) is 24.8. The summed E-state index contributed by atoms with van der Waals surface area (Å²) >= 11 is 0. The topological polar surface area (TPSA) is 133 Å². The number of fused-ring (bicyclic) bond motifs is 1. The van der Waals surface area contributed by atoms with Gasteiger partial charge in [-0.2, -0.15) is 15.1 Å². The summed E-state index contributed by atoms with van der Waals surface area (Å²) in [5.41, 5.74) is 4.29. The third-order valence-electron chi connectivity index (χ3n) is 10.9. The van der Waals surface area contributed by atoms with Crippen molar-refractivity contribution in [2.45, 2.75) is 130 Å². The summed E-state index contributed by atoms with van der Waals surface area (Å²) in [7, 11) is -0.264. The number of aromatic nitrogens is 6. The highest BCUT2D eigenvalue weighted by Gasteiger charge is 2.40. The Hall–Kier alpha value is -4.17. The van der Waals surface area contributed by atoms with Crippen LogP contribution >= 0.6 is 0 Å². The van der Waals surface area contributed by atoms with E-state index in [1.54, 1.807) is 13.4 Å². The van der Waals surface area contributed by atoms with Crippen molar-refractivity contribution in [1.29, 1.82) is 0 Å². The molecule has 1 aromatic carbocycles. The molecule has 0 spiro atoms. The van der Waals surface area contributed by atoms with Gasteiger partial charge in [0.2, 0.25) is 5.95 Å². The molecule has 2 N–H and O–H groups in total. The zero-order valence-corrected chi connectivity index (χ0v) is 34.0. The lowest BCUT2D eigenvalue weighted by atomic mass is 9.87. The summed E-state index contributed by atoms with van der Waals surface area (Å²) in [5, 5.41) is 12.5. The van der Waals surface area contributed by atoms with Gasteiger partial charge in [0, 0.05) is 18.7 Å². The predicted octanol–water partition coefficient (Wildman–Crippen LogP) is 7.91. The highest BCUT2D eigenvalue weighted by molar-refractivity contribution is 6.74. The number of aryl methyl sites for hydroxylation is 2. The number of carbonyl (C=O) groups excluding carboxylic acids is 1. The fourth-order valence-corrected chi connectivity index (χ4v) is 7.75. The van der Waals surface area contributed by atoms with Gasteiger partial charge in [-0.1, -0.05) is 20.8 Å². The summed E-state index contributed by atoms with van der Waals surface area (Å²) in [4.78, 5) is 29.8. The molecule has 2 fully saturated rings. The van der Waals surface area contributed by atoms with Crippen LogP contribution in [0.25, 0.3) is 16.7 Å². The van der Waals surface area contributed by atoms with Gasteiger partial charge in [-0.25, -0.2) is 14.5 Å². The minimum Gasteiger partial charge on any atom is -0.496 e. The largest absolute Gasteiger partial charge is 0.496 e. The summed E-state index contributed by atoms with van der Waals surface area (Å²) in [6.07, 6.45) is 6.86. The van der Waals surface area contributed by atoms with Crippen LogP contribution in [0.1, 0.15) is 90.1 Å². The maximum atomic E-state index is 12.5. The van der Waals surface area contributed by atoms with Crippen LogP contribution in [-0.4, -0.2) is 81.7 Å². The third kappa shape index (κ3) is 7.78. The van der Waals surface area contributed by atoms with Crippen LogP contribution in [0.15, 0.2) is 24.7 Å². The Morgan fingerprint density at radius 2 is 1.79 bits per heavy atom. The van der Waals surface area contributed by atoms with Crippen LogP contribution in [0, 0.1) is 20.8 Å². The molecule has 1 atom stereocenters. The molecule has 1 aliphatic carbocycles. The maximum absolute atomic E-state index is 12.5. The van der Waals surface area contributed by atoms with Crippen molar-refractivity contribution in [3.63, 3.8) is 0 Å². The number of amides is 1. The normalized spacial score (nSPS) is 19.5. The van der Waals surface area contributed by atoms with E-state index >= 15 is 0 Å². The number of nitrogens with zero attached hydrogens (tertiary/aromatic N) is 7. The van der Waals surface area contributed by atoms with Gasteiger partial charge in [0.1, 0.15) is 23.5 Å². The van der Waals surface area contributed by atoms with Gasteiger partial charge in [-0.05, 0) is 103 Å². The van der Waals surface area contributed by atoms with E-state index in [1.165, 1.54) is 0 Å². The molecule has 52 heavy (non-hydrogen) atoms. The van der Waals surface area contributed by atoms with E-state index in [1.807, 2.05) is 49.2 Å². The average molecular weight is 732 g/mol. The van der Waals surface area contributed by atoms with E-state index in [-0.39, 0.29) is 23.2 Å². The van der Waals surface area contributed by atoms with Gasteiger partial charge in [0.25, 0.3) is 0 Å². The fraction of sp³-hybridized carbons (Fsp3) is 0.605. The van der Waals surface area contributed by atoms with Crippen LogP contribution in [0.2, 0.25) is 18.1 Å². The molecule has 2 aliphatic rings. The molecule has 0 unspecified atom stereocenters. The van der Waals surface area contributed by atoms with E-state index in [0.29, 0.717) is 18.4 Å². The number of anilines is 3. The van der Waals surface area contributed by atoms with Crippen LogP contribution in [0.4, 0.5) is 22.4 Å². The molecule has 1 saturated heterocycles. The molecular weight excluding hydrogens is 675 g/mol. The zero-order chi connectivity index (χ0) is 37.7. The van der Waals surface area contributed by atoms with Crippen molar-refractivity contribution in [3.05, 3.63) is 41.5 Å². The second kappa shape index (κ2) is 14.0. The van der Waals surface area contributed by atoms with Gasteiger partial charge in [-0.3, -0.25) is 0 Å². The van der Waals surface area contributed by atoms with Gasteiger partial charge in [-0.15, -0.1) is 0 Å². The molecule has 0 radical (unpaired) electrons. The van der Waals surface area contributed by atoms with Crippen molar-refractivity contribution < 1.29 is 18.7 Å². The molecule has 13 nitrogen and oxygen atoms in total. The first-order valence-electron chi connectivity index (χ1n) is 18.5. The lowest BCUT2D eigenvalue weighted by molar-refractivity contribution is 0.0454. The SMILES string of the molecule is COc1cc(-n2cnc(Nc3nc(N4CCC[C@H]4CO[Si](C)(C)C(C)(C)C)c4c(C)nn([C@H]5C[C@H](NC(=O)OC(C)(C)C)C5)c4n3)c2)cc(C)c1C. The number of ether oxygens (including phenoxy) is 2. The first-order valence-corrected chi connectivity index (χ1v) is 21.4. The quantitative estimate of drug-likeness (QED) is 0.155. The Balaban J connectivity index is 1.33. The summed E-state index contributed by atoms with van der Waals surface area (Å²) < 4.78 is 21.9. The Morgan fingerprint density at radius 1 is 1.06 bits per heavy atom. The first-order chi connectivity index (χ1) is 24.3. The molecule has 0 bridgehead atoms. The Kier molecular flexibility index (Phi) is 10.1. The molecule has 1 saturated carbocycles. The van der Waals surface area contributed by atoms with Crippen molar-refractivity contribution in [2.75, 3.05) is 30.5 Å². The smallest absolute Gasteiger partial charge is 0.407 e. The molecular formula is C38H57N9O4Si. The Bertz CT molecular complexity index is 1930. The second-order valence-corrected chi connectivity index (χ2v) is 21.8. The molecule has 1 amide bonds. The number of rotatable bonds is 10. The predicted molar refractivity (Wildman–Crippen MR) is 208 cm³/mol. The summed E-state index contributed by atoms with van der Waals surface area (Å²) in [5.74, 6) is 2.76. The van der Waals surface area contributed by atoms with Crippen LogP contribution < -0.4 is 20.3 Å².